The van der Waals surface area contributed by atoms with Gasteiger partial charge in [0.15, 0.2) is 5.65 Å². The van der Waals surface area contributed by atoms with E-state index in [9.17, 15) is 9.90 Å². The molecule has 0 radical (unpaired) electrons. The number of carbonyl (C=O) groups is 1. The van der Waals surface area contributed by atoms with Crippen LogP contribution in [0.1, 0.15) is 21.6 Å². The molecule has 21 heavy (non-hydrogen) atoms. The van der Waals surface area contributed by atoms with E-state index in [2.05, 4.69) is 10.1 Å². The number of hydrogen-bond donors (Lipinski definition) is 1. The number of fused-ring (bicyclic) bond motifs is 1. The van der Waals surface area contributed by atoms with Crippen LogP contribution < -0.4 is 0 Å². The predicted octanol–water partition coefficient (Wildman–Crippen LogP) is 3.14. The van der Waals surface area contributed by atoms with Crippen LogP contribution in [0.2, 0.25) is 5.02 Å². The molecular formula is C15H12ClN3O2. The van der Waals surface area contributed by atoms with Crippen molar-refractivity contribution in [3.8, 4) is 0 Å². The zero-order chi connectivity index (χ0) is 15.0. The molecule has 0 saturated carbocycles. The number of halogens is 1. The molecule has 106 valence electrons. The summed E-state index contributed by atoms with van der Waals surface area (Å²) in [6.07, 6.45) is 1.54. The molecule has 0 aliphatic carbocycles. The van der Waals surface area contributed by atoms with Gasteiger partial charge in [-0.1, -0.05) is 23.7 Å². The standard InChI is InChI=1S/C15H12ClN3O2/c1-9-5-12(15(20)21)13-7-17-19(14(13)18-9)8-10-3-2-4-11(16)6-10/h2-7H,8H2,1H3,(H,20,21). The maximum atomic E-state index is 11.3. The molecule has 2 heterocycles. The van der Waals surface area contributed by atoms with E-state index in [0.717, 1.165) is 5.56 Å². The molecular weight excluding hydrogens is 290 g/mol. The highest BCUT2D eigenvalue weighted by Crippen LogP contribution is 2.20. The van der Waals surface area contributed by atoms with E-state index in [1.54, 1.807) is 23.7 Å². The Labute approximate surface area is 125 Å². The summed E-state index contributed by atoms with van der Waals surface area (Å²) in [7, 11) is 0. The molecule has 0 unspecified atom stereocenters. The van der Waals surface area contributed by atoms with Crippen LogP contribution in [-0.4, -0.2) is 25.8 Å². The van der Waals surface area contributed by atoms with Gasteiger partial charge in [0.25, 0.3) is 0 Å². The summed E-state index contributed by atoms with van der Waals surface area (Å²) in [5.41, 5.74) is 2.41. The van der Waals surface area contributed by atoms with Crippen molar-refractivity contribution in [1.82, 2.24) is 14.8 Å². The molecule has 0 saturated heterocycles. The summed E-state index contributed by atoms with van der Waals surface area (Å²) < 4.78 is 1.68. The van der Waals surface area contributed by atoms with E-state index in [-0.39, 0.29) is 5.56 Å². The molecule has 2 aromatic heterocycles. The number of nitrogens with zero attached hydrogens (tertiary/aromatic N) is 3. The normalized spacial score (nSPS) is 11.0. The SMILES string of the molecule is Cc1cc(C(=O)O)c2cnn(Cc3cccc(Cl)c3)c2n1. The van der Waals surface area contributed by atoms with Crippen LogP contribution in [0.25, 0.3) is 11.0 Å². The number of carboxylic acid groups (broad SMARTS) is 1. The van der Waals surface area contributed by atoms with E-state index >= 15 is 0 Å². The second-order valence-corrected chi connectivity index (χ2v) is 5.22. The Balaban J connectivity index is 2.10. The van der Waals surface area contributed by atoms with Crippen LogP contribution in [0.3, 0.4) is 0 Å². The van der Waals surface area contributed by atoms with E-state index < -0.39 is 5.97 Å². The number of aromatic nitrogens is 3. The summed E-state index contributed by atoms with van der Waals surface area (Å²) in [5.74, 6) is -0.979. The summed E-state index contributed by atoms with van der Waals surface area (Å²) in [5, 5.41) is 14.7. The van der Waals surface area contributed by atoms with E-state index in [0.29, 0.717) is 28.3 Å². The van der Waals surface area contributed by atoms with Crippen LogP contribution >= 0.6 is 11.6 Å². The number of rotatable bonds is 3. The van der Waals surface area contributed by atoms with Gasteiger partial charge < -0.3 is 5.11 Å². The lowest BCUT2D eigenvalue weighted by Crippen LogP contribution is -2.05. The summed E-state index contributed by atoms with van der Waals surface area (Å²) in [4.78, 5) is 15.7. The van der Waals surface area contributed by atoms with Crippen LogP contribution in [0.15, 0.2) is 36.5 Å². The molecule has 3 rings (SSSR count). The lowest BCUT2D eigenvalue weighted by atomic mass is 10.1. The highest BCUT2D eigenvalue weighted by atomic mass is 35.5. The monoisotopic (exact) mass is 301 g/mol. The fourth-order valence-corrected chi connectivity index (χ4v) is 2.49. The number of hydrogen-bond acceptors (Lipinski definition) is 3. The van der Waals surface area contributed by atoms with Crippen molar-refractivity contribution in [2.24, 2.45) is 0 Å². The largest absolute Gasteiger partial charge is 0.478 e. The number of carboxylic acids is 1. The predicted molar refractivity (Wildman–Crippen MR) is 79.8 cm³/mol. The fraction of sp³-hybridized carbons (Fsp3) is 0.133. The third kappa shape index (κ3) is 2.60. The topological polar surface area (TPSA) is 68.0 Å². The van der Waals surface area contributed by atoms with Gasteiger partial charge in [0.2, 0.25) is 0 Å². The lowest BCUT2D eigenvalue weighted by molar-refractivity contribution is 0.0699. The van der Waals surface area contributed by atoms with Gasteiger partial charge in [-0.25, -0.2) is 14.5 Å². The average molecular weight is 302 g/mol. The van der Waals surface area contributed by atoms with Gasteiger partial charge in [0.05, 0.1) is 23.7 Å². The molecule has 0 amide bonds. The maximum absolute atomic E-state index is 11.3. The number of benzene rings is 1. The van der Waals surface area contributed by atoms with Gasteiger partial charge in [-0.3, -0.25) is 0 Å². The molecule has 3 aromatic rings. The maximum Gasteiger partial charge on any atom is 0.336 e. The van der Waals surface area contributed by atoms with Crippen molar-refractivity contribution in [3.05, 3.63) is 58.4 Å². The minimum atomic E-state index is -0.979. The molecule has 6 heteroatoms. The van der Waals surface area contributed by atoms with Crippen molar-refractivity contribution in [2.45, 2.75) is 13.5 Å². The number of pyridine rings is 1. The van der Waals surface area contributed by atoms with Crippen molar-refractivity contribution in [3.63, 3.8) is 0 Å². The van der Waals surface area contributed by atoms with Gasteiger partial charge in [-0.05, 0) is 30.7 Å². The zero-order valence-electron chi connectivity index (χ0n) is 11.2. The molecule has 0 bridgehead atoms. The minimum Gasteiger partial charge on any atom is -0.478 e. The number of aryl methyl sites for hydroxylation is 1. The van der Waals surface area contributed by atoms with Crippen LogP contribution in [0, 0.1) is 6.92 Å². The Bertz CT molecular complexity index is 842. The Kier molecular flexibility index (Phi) is 3.35. The Morgan fingerprint density at radius 3 is 2.90 bits per heavy atom. The second kappa shape index (κ2) is 5.18. The first-order valence-corrected chi connectivity index (χ1v) is 6.73. The van der Waals surface area contributed by atoms with Crippen molar-refractivity contribution < 1.29 is 9.90 Å². The Morgan fingerprint density at radius 2 is 2.19 bits per heavy atom. The Hall–Kier alpha value is -2.40. The molecule has 5 nitrogen and oxygen atoms in total. The molecule has 0 atom stereocenters. The third-order valence-electron chi connectivity index (χ3n) is 3.19. The lowest BCUT2D eigenvalue weighted by Gasteiger charge is -2.05. The summed E-state index contributed by atoms with van der Waals surface area (Å²) in [6, 6.07) is 9.01. The molecule has 0 fully saturated rings. The highest BCUT2D eigenvalue weighted by Gasteiger charge is 2.14. The first-order valence-electron chi connectivity index (χ1n) is 6.35. The second-order valence-electron chi connectivity index (χ2n) is 4.79. The molecule has 1 aromatic carbocycles. The average Bonchev–Trinajstić information content (AvgIpc) is 2.81. The third-order valence-corrected chi connectivity index (χ3v) is 3.42. The van der Waals surface area contributed by atoms with E-state index in [4.69, 9.17) is 11.6 Å². The summed E-state index contributed by atoms with van der Waals surface area (Å²) in [6.45, 7) is 2.25. The quantitative estimate of drug-likeness (QED) is 0.807. The molecule has 0 aliphatic heterocycles. The van der Waals surface area contributed by atoms with Gasteiger partial charge >= 0.3 is 5.97 Å². The van der Waals surface area contributed by atoms with Crippen LogP contribution in [-0.2, 0) is 6.54 Å². The van der Waals surface area contributed by atoms with Crippen LogP contribution in [0.4, 0.5) is 0 Å². The van der Waals surface area contributed by atoms with Crippen molar-refractivity contribution in [2.75, 3.05) is 0 Å². The van der Waals surface area contributed by atoms with Gasteiger partial charge in [0.1, 0.15) is 0 Å². The minimum absolute atomic E-state index is 0.217. The van der Waals surface area contributed by atoms with Gasteiger partial charge in [0, 0.05) is 10.7 Å². The van der Waals surface area contributed by atoms with E-state index in [1.165, 1.54) is 6.20 Å². The van der Waals surface area contributed by atoms with Crippen molar-refractivity contribution in [1.29, 1.82) is 0 Å². The highest BCUT2D eigenvalue weighted by molar-refractivity contribution is 6.30. The smallest absolute Gasteiger partial charge is 0.336 e. The van der Waals surface area contributed by atoms with E-state index in [1.807, 2.05) is 18.2 Å². The molecule has 1 N–H and O–H groups in total. The van der Waals surface area contributed by atoms with Crippen molar-refractivity contribution >= 4 is 28.6 Å². The van der Waals surface area contributed by atoms with Gasteiger partial charge in [-0.2, -0.15) is 5.10 Å². The first-order chi connectivity index (χ1) is 10.0. The zero-order valence-corrected chi connectivity index (χ0v) is 12.0. The Morgan fingerprint density at radius 1 is 1.38 bits per heavy atom. The fourth-order valence-electron chi connectivity index (χ4n) is 2.27. The summed E-state index contributed by atoms with van der Waals surface area (Å²) >= 11 is 5.97. The van der Waals surface area contributed by atoms with Gasteiger partial charge in [-0.15, -0.1) is 0 Å². The van der Waals surface area contributed by atoms with Crippen LogP contribution in [0.5, 0.6) is 0 Å². The molecule has 0 spiro atoms. The molecule has 0 aliphatic rings. The number of aromatic carboxylic acids is 1. The first kappa shape index (κ1) is 13.6.